The van der Waals surface area contributed by atoms with E-state index in [2.05, 4.69) is 39.8 Å². The zero-order chi connectivity index (χ0) is 18.8. The summed E-state index contributed by atoms with van der Waals surface area (Å²) >= 11 is 1.75. The van der Waals surface area contributed by atoms with Crippen LogP contribution in [0, 0.1) is 5.92 Å². The van der Waals surface area contributed by atoms with Gasteiger partial charge in [0.2, 0.25) is 11.8 Å². The molecule has 2 amide bonds. The summed E-state index contributed by atoms with van der Waals surface area (Å²) in [6.45, 7) is 3.27. The Morgan fingerprint density at radius 3 is 2.41 bits per heavy atom. The number of benzene rings is 2. The molecule has 140 valence electrons. The molecule has 0 aromatic heterocycles. The smallest absolute Gasteiger partial charge is 0.242 e. The lowest BCUT2D eigenvalue weighted by Crippen LogP contribution is -2.54. The predicted octanol–water partition coefficient (Wildman–Crippen LogP) is 3.32. The van der Waals surface area contributed by atoms with Crippen LogP contribution in [0.15, 0.2) is 58.3 Å². The highest BCUT2D eigenvalue weighted by Gasteiger charge is 2.30. The van der Waals surface area contributed by atoms with Crippen molar-refractivity contribution < 1.29 is 9.59 Å². The van der Waals surface area contributed by atoms with Crippen molar-refractivity contribution >= 4 is 35.0 Å². The van der Waals surface area contributed by atoms with Gasteiger partial charge in [0.25, 0.3) is 0 Å². The Morgan fingerprint density at radius 1 is 1.15 bits per heavy atom. The van der Waals surface area contributed by atoms with Crippen LogP contribution >= 0.6 is 11.8 Å². The van der Waals surface area contributed by atoms with E-state index in [-0.39, 0.29) is 17.7 Å². The molecule has 2 atom stereocenters. The normalized spacial score (nSPS) is 21.1. The van der Waals surface area contributed by atoms with E-state index in [9.17, 15) is 9.59 Å². The van der Waals surface area contributed by atoms with E-state index < -0.39 is 6.04 Å². The summed E-state index contributed by atoms with van der Waals surface area (Å²) in [4.78, 5) is 29.2. The molecule has 0 aliphatic carbocycles. The minimum atomic E-state index is -0.428. The molecular weight excluding hydrogens is 358 g/mol. The average molecular weight is 382 g/mol. The maximum absolute atomic E-state index is 12.5. The number of carbonyl (C=O) groups excluding carboxylic acids is 2. The van der Waals surface area contributed by atoms with Gasteiger partial charge in [-0.2, -0.15) is 0 Å². The van der Waals surface area contributed by atoms with Gasteiger partial charge in [-0.3, -0.25) is 9.59 Å². The molecule has 2 heterocycles. The van der Waals surface area contributed by atoms with Crippen LogP contribution in [-0.4, -0.2) is 30.9 Å². The van der Waals surface area contributed by atoms with Crippen LogP contribution in [0.1, 0.15) is 19.8 Å². The molecule has 6 heteroatoms. The van der Waals surface area contributed by atoms with Crippen LogP contribution in [0.3, 0.4) is 0 Å². The first-order chi connectivity index (χ1) is 13.1. The molecule has 2 aliphatic rings. The van der Waals surface area contributed by atoms with Gasteiger partial charge < -0.3 is 15.5 Å². The van der Waals surface area contributed by atoms with Crippen molar-refractivity contribution in [3.63, 3.8) is 0 Å². The van der Waals surface area contributed by atoms with Crippen molar-refractivity contribution in [3.8, 4) is 0 Å². The minimum Gasteiger partial charge on any atom is -0.354 e. The number of anilines is 2. The van der Waals surface area contributed by atoms with E-state index in [1.165, 1.54) is 9.79 Å². The Balaban J connectivity index is 1.48. The summed E-state index contributed by atoms with van der Waals surface area (Å²) in [6.07, 6.45) is 1.23. The summed E-state index contributed by atoms with van der Waals surface area (Å²) in [5, 5.41) is 5.76. The Bertz CT molecular complexity index is 825. The van der Waals surface area contributed by atoms with Crippen LogP contribution in [-0.2, 0) is 9.59 Å². The van der Waals surface area contributed by atoms with Crippen molar-refractivity contribution in [2.75, 3.05) is 18.0 Å². The minimum absolute atomic E-state index is 0.0767. The molecule has 5 nitrogen and oxygen atoms in total. The van der Waals surface area contributed by atoms with E-state index in [0.29, 0.717) is 19.5 Å². The first kappa shape index (κ1) is 17.9. The molecule has 0 radical (unpaired) electrons. The number of nitrogens with zero attached hydrogens (tertiary/aromatic N) is 1. The number of carbonyl (C=O) groups is 2. The maximum atomic E-state index is 12.5. The van der Waals surface area contributed by atoms with Gasteiger partial charge in [-0.15, -0.1) is 0 Å². The fourth-order valence-corrected chi connectivity index (χ4v) is 4.74. The highest BCUT2D eigenvalue weighted by atomic mass is 32.2. The number of hydrogen-bond donors (Lipinski definition) is 2. The van der Waals surface area contributed by atoms with Gasteiger partial charge in [-0.05, 0) is 36.6 Å². The van der Waals surface area contributed by atoms with Crippen LogP contribution in [0.5, 0.6) is 0 Å². The second-order valence-electron chi connectivity index (χ2n) is 7.04. The van der Waals surface area contributed by atoms with Gasteiger partial charge in [0, 0.05) is 29.3 Å². The second-order valence-corrected chi connectivity index (χ2v) is 8.13. The molecule has 27 heavy (non-hydrogen) atoms. The van der Waals surface area contributed by atoms with E-state index in [0.717, 1.165) is 17.8 Å². The molecule has 1 saturated heterocycles. The Morgan fingerprint density at radius 2 is 1.78 bits per heavy atom. The summed E-state index contributed by atoms with van der Waals surface area (Å²) in [5.74, 6) is -0.000193. The molecule has 0 bridgehead atoms. The van der Waals surface area contributed by atoms with Crippen LogP contribution in [0.25, 0.3) is 0 Å². The topological polar surface area (TPSA) is 61.4 Å². The van der Waals surface area contributed by atoms with Gasteiger partial charge >= 0.3 is 0 Å². The van der Waals surface area contributed by atoms with Crippen LogP contribution < -0.4 is 15.5 Å². The van der Waals surface area contributed by atoms with Crippen molar-refractivity contribution in [2.45, 2.75) is 35.6 Å². The van der Waals surface area contributed by atoms with E-state index in [1.54, 1.807) is 11.8 Å². The van der Waals surface area contributed by atoms with Gasteiger partial charge in [0.05, 0.1) is 11.4 Å². The van der Waals surface area contributed by atoms with Crippen molar-refractivity contribution in [1.29, 1.82) is 0 Å². The number of fused-ring (bicyclic) bond motifs is 2. The van der Waals surface area contributed by atoms with Gasteiger partial charge in [-0.1, -0.05) is 43.0 Å². The standard InChI is InChI=1S/C21H23N3O2S/c1-14-10-12-22-21(26)20(14)23-19(25)11-13-24-15-6-2-4-8-17(15)27-18-9-5-3-7-16(18)24/h2-9,14,20H,10-13H2,1H3,(H,22,26)(H,23,25). The lowest BCUT2D eigenvalue weighted by atomic mass is 9.94. The van der Waals surface area contributed by atoms with Crippen LogP contribution in [0.4, 0.5) is 11.4 Å². The molecule has 2 unspecified atom stereocenters. The first-order valence-electron chi connectivity index (χ1n) is 9.34. The first-order valence-corrected chi connectivity index (χ1v) is 10.2. The lowest BCUT2D eigenvalue weighted by molar-refractivity contribution is -0.131. The molecule has 2 N–H and O–H groups in total. The summed E-state index contributed by atoms with van der Waals surface area (Å²) in [7, 11) is 0. The SMILES string of the molecule is CC1CCNC(=O)C1NC(=O)CCN1c2ccccc2Sc2ccccc21. The van der Waals surface area contributed by atoms with E-state index in [4.69, 9.17) is 0 Å². The van der Waals surface area contributed by atoms with E-state index in [1.807, 2.05) is 31.2 Å². The molecule has 2 aromatic carbocycles. The van der Waals surface area contributed by atoms with Gasteiger partial charge in [-0.25, -0.2) is 0 Å². The highest BCUT2D eigenvalue weighted by molar-refractivity contribution is 7.99. The summed E-state index contributed by atoms with van der Waals surface area (Å²) in [6, 6.07) is 16.1. The number of rotatable bonds is 4. The quantitative estimate of drug-likeness (QED) is 0.853. The largest absolute Gasteiger partial charge is 0.354 e. The number of amides is 2. The van der Waals surface area contributed by atoms with Crippen molar-refractivity contribution in [2.24, 2.45) is 5.92 Å². The number of piperidine rings is 1. The third-order valence-electron chi connectivity index (χ3n) is 5.16. The molecule has 1 fully saturated rings. The van der Waals surface area contributed by atoms with Gasteiger partial charge in [0.15, 0.2) is 0 Å². The zero-order valence-corrected chi connectivity index (χ0v) is 16.1. The Labute approximate surface area is 163 Å². The van der Waals surface area contributed by atoms with Gasteiger partial charge in [0.1, 0.15) is 6.04 Å². The molecule has 0 saturated carbocycles. The van der Waals surface area contributed by atoms with Crippen LogP contribution in [0.2, 0.25) is 0 Å². The summed E-state index contributed by atoms with van der Waals surface area (Å²) < 4.78 is 0. The van der Waals surface area contributed by atoms with Crippen molar-refractivity contribution in [1.82, 2.24) is 10.6 Å². The molecule has 2 aromatic rings. The third-order valence-corrected chi connectivity index (χ3v) is 6.29. The fourth-order valence-electron chi connectivity index (χ4n) is 3.65. The highest BCUT2D eigenvalue weighted by Crippen LogP contribution is 2.47. The van der Waals surface area contributed by atoms with Crippen molar-refractivity contribution in [3.05, 3.63) is 48.5 Å². The lowest BCUT2D eigenvalue weighted by Gasteiger charge is -2.33. The number of nitrogens with one attached hydrogen (secondary N) is 2. The second kappa shape index (κ2) is 7.64. The molecule has 0 spiro atoms. The molecule has 2 aliphatic heterocycles. The summed E-state index contributed by atoms with van der Waals surface area (Å²) in [5.41, 5.74) is 2.25. The number of para-hydroxylation sites is 2. The zero-order valence-electron chi connectivity index (χ0n) is 15.3. The Hall–Kier alpha value is -2.47. The van der Waals surface area contributed by atoms with E-state index >= 15 is 0 Å². The average Bonchev–Trinajstić information content (AvgIpc) is 2.68. The monoisotopic (exact) mass is 381 g/mol. The third kappa shape index (κ3) is 3.67. The molecular formula is C21H23N3O2S. The molecule has 4 rings (SSSR count). The number of hydrogen-bond acceptors (Lipinski definition) is 4. The maximum Gasteiger partial charge on any atom is 0.242 e. The fraction of sp³-hybridized carbons (Fsp3) is 0.333. The predicted molar refractivity (Wildman–Crippen MR) is 107 cm³/mol. The Kier molecular flexibility index (Phi) is 5.07.